The fourth-order valence-corrected chi connectivity index (χ4v) is 1.68. The Balaban J connectivity index is 2.44. The zero-order valence-electron chi connectivity index (χ0n) is 8.76. The molecule has 0 aliphatic heterocycles. The van der Waals surface area contributed by atoms with Crippen LogP contribution in [-0.2, 0) is 0 Å². The molecule has 0 fully saturated rings. The topological polar surface area (TPSA) is 24.9 Å². The molecule has 0 radical (unpaired) electrons. The molecular weight excluding hydrogens is 240 g/mol. The van der Waals surface area contributed by atoms with E-state index in [1.807, 2.05) is 18.2 Å². The molecule has 3 heteroatoms. The molecule has 0 atom stereocenters. The smallest absolute Gasteiger partial charge is 0.127 e. The van der Waals surface area contributed by atoms with Gasteiger partial charge in [0, 0.05) is 6.54 Å². The molecule has 0 unspecified atom stereocenters. The van der Waals surface area contributed by atoms with E-state index in [1.54, 1.807) is 0 Å². The van der Waals surface area contributed by atoms with Crippen molar-refractivity contribution in [3.8, 4) is 0 Å². The van der Waals surface area contributed by atoms with E-state index in [0.29, 0.717) is 0 Å². The van der Waals surface area contributed by atoms with Crippen molar-refractivity contribution in [2.24, 2.45) is 5.92 Å². The van der Waals surface area contributed by atoms with Crippen LogP contribution < -0.4 is 5.32 Å². The van der Waals surface area contributed by atoms with Crippen LogP contribution in [0.2, 0.25) is 0 Å². The van der Waals surface area contributed by atoms with Crippen LogP contribution in [0.5, 0.6) is 0 Å². The number of aromatic nitrogens is 1. The van der Waals surface area contributed by atoms with Gasteiger partial charge in [0.05, 0.1) is 0 Å². The van der Waals surface area contributed by atoms with E-state index in [2.05, 4.69) is 40.1 Å². The summed E-state index contributed by atoms with van der Waals surface area (Å²) in [6.45, 7) is 5.46. The van der Waals surface area contributed by atoms with Gasteiger partial charge < -0.3 is 5.32 Å². The molecule has 1 N–H and O–H groups in total. The molecule has 0 saturated carbocycles. The molecule has 14 heavy (non-hydrogen) atoms. The van der Waals surface area contributed by atoms with Gasteiger partial charge in [-0.2, -0.15) is 0 Å². The summed E-state index contributed by atoms with van der Waals surface area (Å²) in [6.07, 6.45) is 2.44. The highest BCUT2D eigenvalue weighted by Crippen LogP contribution is 2.12. The Bertz CT molecular complexity index is 272. The van der Waals surface area contributed by atoms with Gasteiger partial charge in [-0.25, -0.2) is 4.98 Å². The third-order valence-electron chi connectivity index (χ3n) is 2.44. The monoisotopic (exact) mass is 256 g/mol. The molecule has 1 aromatic heterocycles. The molecule has 0 aromatic carbocycles. The molecule has 1 heterocycles. The molecule has 0 amide bonds. The SMILES string of the molecule is CCC(CC)CNc1cccc(Br)n1. The highest BCUT2D eigenvalue weighted by Gasteiger charge is 2.03. The number of nitrogens with one attached hydrogen (secondary N) is 1. The van der Waals surface area contributed by atoms with Crippen molar-refractivity contribution in [3.05, 3.63) is 22.8 Å². The van der Waals surface area contributed by atoms with Gasteiger partial charge in [0.25, 0.3) is 0 Å². The van der Waals surface area contributed by atoms with E-state index in [1.165, 1.54) is 12.8 Å². The first-order chi connectivity index (χ1) is 6.76. The molecule has 78 valence electrons. The Morgan fingerprint density at radius 3 is 2.64 bits per heavy atom. The number of halogens is 1. The summed E-state index contributed by atoms with van der Waals surface area (Å²) in [5, 5.41) is 3.35. The lowest BCUT2D eigenvalue weighted by Crippen LogP contribution is -2.13. The maximum atomic E-state index is 4.32. The first-order valence-electron chi connectivity index (χ1n) is 5.12. The van der Waals surface area contributed by atoms with Gasteiger partial charge >= 0.3 is 0 Å². The third kappa shape index (κ3) is 3.66. The van der Waals surface area contributed by atoms with Crippen molar-refractivity contribution in [2.75, 3.05) is 11.9 Å². The second kappa shape index (κ2) is 6.02. The van der Waals surface area contributed by atoms with Gasteiger partial charge in [0.1, 0.15) is 10.4 Å². The second-order valence-electron chi connectivity index (χ2n) is 3.41. The van der Waals surface area contributed by atoms with Crippen molar-refractivity contribution >= 4 is 21.7 Å². The lowest BCUT2D eigenvalue weighted by molar-refractivity contribution is 0.518. The highest BCUT2D eigenvalue weighted by atomic mass is 79.9. The molecule has 1 rings (SSSR count). The first kappa shape index (κ1) is 11.5. The molecule has 0 spiro atoms. The van der Waals surface area contributed by atoms with Crippen LogP contribution in [0.15, 0.2) is 22.8 Å². The maximum absolute atomic E-state index is 4.32. The quantitative estimate of drug-likeness (QED) is 0.813. The zero-order chi connectivity index (χ0) is 10.4. The predicted octanol–water partition coefficient (Wildman–Crippen LogP) is 3.69. The van der Waals surface area contributed by atoms with E-state index in [4.69, 9.17) is 0 Å². The first-order valence-corrected chi connectivity index (χ1v) is 5.92. The normalized spacial score (nSPS) is 10.6. The van der Waals surface area contributed by atoms with Crippen molar-refractivity contribution < 1.29 is 0 Å². The van der Waals surface area contributed by atoms with Crippen LogP contribution in [-0.4, -0.2) is 11.5 Å². The van der Waals surface area contributed by atoms with Gasteiger partial charge in [0.15, 0.2) is 0 Å². The standard InChI is InChI=1S/C11H17BrN2/c1-3-9(4-2)8-13-11-7-5-6-10(12)14-11/h5-7,9H,3-4,8H2,1-2H3,(H,13,14). The van der Waals surface area contributed by atoms with Crippen LogP contribution in [0.3, 0.4) is 0 Å². The fourth-order valence-electron chi connectivity index (χ4n) is 1.33. The van der Waals surface area contributed by atoms with Crippen LogP contribution >= 0.6 is 15.9 Å². The zero-order valence-corrected chi connectivity index (χ0v) is 10.3. The molecule has 0 saturated heterocycles. The van der Waals surface area contributed by atoms with Gasteiger partial charge in [-0.3, -0.25) is 0 Å². The van der Waals surface area contributed by atoms with Crippen LogP contribution in [0.4, 0.5) is 5.82 Å². The summed E-state index contributed by atoms with van der Waals surface area (Å²) < 4.78 is 0.882. The van der Waals surface area contributed by atoms with Crippen LogP contribution in [0, 0.1) is 5.92 Å². The Morgan fingerprint density at radius 2 is 2.07 bits per heavy atom. The Morgan fingerprint density at radius 1 is 1.36 bits per heavy atom. The average Bonchev–Trinajstić information content (AvgIpc) is 2.19. The lowest BCUT2D eigenvalue weighted by Gasteiger charge is -2.13. The van der Waals surface area contributed by atoms with Crippen molar-refractivity contribution in [2.45, 2.75) is 26.7 Å². The minimum atomic E-state index is 0.746. The summed E-state index contributed by atoms with van der Waals surface area (Å²) in [5.41, 5.74) is 0. The number of nitrogens with zero attached hydrogens (tertiary/aromatic N) is 1. The lowest BCUT2D eigenvalue weighted by atomic mass is 10.0. The maximum Gasteiger partial charge on any atom is 0.127 e. The largest absolute Gasteiger partial charge is 0.370 e. The third-order valence-corrected chi connectivity index (χ3v) is 2.88. The molecular formula is C11H17BrN2. The number of hydrogen-bond donors (Lipinski definition) is 1. The van der Waals surface area contributed by atoms with Crippen LogP contribution in [0.1, 0.15) is 26.7 Å². The molecule has 1 aromatic rings. The number of anilines is 1. The van der Waals surface area contributed by atoms with E-state index >= 15 is 0 Å². The Labute approximate surface area is 94.3 Å². The second-order valence-corrected chi connectivity index (χ2v) is 4.22. The van der Waals surface area contributed by atoms with E-state index in [-0.39, 0.29) is 0 Å². The van der Waals surface area contributed by atoms with Gasteiger partial charge in [-0.15, -0.1) is 0 Å². The molecule has 0 bridgehead atoms. The predicted molar refractivity (Wildman–Crippen MR) is 64.5 cm³/mol. The molecule has 0 aliphatic rings. The van der Waals surface area contributed by atoms with Gasteiger partial charge in [-0.1, -0.05) is 32.8 Å². The van der Waals surface area contributed by atoms with Crippen LogP contribution in [0.25, 0.3) is 0 Å². The highest BCUT2D eigenvalue weighted by molar-refractivity contribution is 9.10. The summed E-state index contributed by atoms with van der Waals surface area (Å²) in [4.78, 5) is 4.32. The summed E-state index contributed by atoms with van der Waals surface area (Å²) >= 11 is 3.35. The molecule has 2 nitrogen and oxygen atoms in total. The summed E-state index contributed by atoms with van der Waals surface area (Å²) in [7, 11) is 0. The van der Waals surface area contributed by atoms with Crippen molar-refractivity contribution in [3.63, 3.8) is 0 Å². The van der Waals surface area contributed by atoms with Crippen molar-refractivity contribution in [1.82, 2.24) is 4.98 Å². The van der Waals surface area contributed by atoms with Gasteiger partial charge in [0.2, 0.25) is 0 Å². The summed E-state index contributed by atoms with van der Waals surface area (Å²) in [6, 6.07) is 5.92. The van der Waals surface area contributed by atoms with Crippen molar-refractivity contribution in [1.29, 1.82) is 0 Å². The minimum Gasteiger partial charge on any atom is -0.370 e. The van der Waals surface area contributed by atoms with Gasteiger partial charge in [-0.05, 0) is 34.0 Å². The Hall–Kier alpha value is -0.570. The number of hydrogen-bond acceptors (Lipinski definition) is 2. The fraction of sp³-hybridized carbons (Fsp3) is 0.545. The minimum absolute atomic E-state index is 0.746. The van der Waals surface area contributed by atoms with E-state index in [0.717, 1.165) is 22.9 Å². The summed E-state index contributed by atoms with van der Waals surface area (Å²) in [5.74, 6) is 1.70. The number of pyridine rings is 1. The Kier molecular flexibility index (Phi) is 4.94. The van der Waals surface area contributed by atoms with E-state index < -0.39 is 0 Å². The molecule has 0 aliphatic carbocycles. The average molecular weight is 257 g/mol. The van der Waals surface area contributed by atoms with E-state index in [9.17, 15) is 0 Å². The number of rotatable bonds is 5.